The van der Waals surface area contributed by atoms with Gasteiger partial charge >= 0.3 is 6.03 Å². The van der Waals surface area contributed by atoms with E-state index in [0.717, 1.165) is 37.6 Å². The van der Waals surface area contributed by atoms with Gasteiger partial charge in [0.15, 0.2) is 11.6 Å². The van der Waals surface area contributed by atoms with Crippen LogP contribution in [0.4, 0.5) is 19.3 Å². The molecule has 0 aromatic heterocycles. The number of rotatable bonds is 5. The molecule has 6 heteroatoms. The molecule has 1 unspecified atom stereocenters. The van der Waals surface area contributed by atoms with E-state index in [1.54, 1.807) is 6.07 Å². The van der Waals surface area contributed by atoms with Crippen molar-refractivity contribution >= 4 is 11.7 Å². The first kappa shape index (κ1) is 18.3. The van der Waals surface area contributed by atoms with Gasteiger partial charge in [0.2, 0.25) is 0 Å². The van der Waals surface area contributed by atoms with Crippen LogP contribution in [0.5, 0.6) is 0 Å². The molecular weight excluding hydrogens is 336 g/mol. The van der Waals surface area contributed by atoms with Gasteiger partial charge in [0, 0.05) is 30.4 Å². The topological polar surface area (TPSA) is 44.4 Å². The van der Waals surface area contributed by atoms with Crippen LogP contribution in [-0.2, 0) is 6.54 Å². The van der Waals surface area contributed by atoms with E-state index >= 15 is 0 Å². The number of likely N-dealkylation sites (tertiary alicyclic amines) is 1. The van der Waals surface area contributed by atoms with Crippen LogP contribution in [0, 0.1) is 11.6 Å². The molecule has 26 heavy (non-hydrogen) atoms. The molecule has 138 valence electrons. The second-order valence-electron chi connectivity index (χ2n) is 6.53. The number of urea groups is 1. The molecule has 0 spiro atoms. The summed E-state index contributed by atoms with van der Waals surface area (Å²) in [5.74, 6) is -1.61. The van der Waals surface area contributed by atoms with Crippen molar-refractivity contribution in [3.63, 3.8) is 0 Å². The van der Waals surface area contributed by atoms with Crippen LogP contribution in [0.1, 0.15) is 24.8 Å². The summed E-state index contributed by atoms with van der Waals surface area (Å²) >= 11 is 0. The van der Waals surface area contributed by atoms with Gasteiger partial charge in [-0.3, -0.25) is 4.90 Å². The fourth-order valence-corrected chi connectivity index (χ4v) is 3.30. The largest absolute Gasteiger partial charge is 0.336 e. The number of carbonyl (C=O) groups is 1. The summed E-state index contributed by atoms with van der Waals surface area (Å²) in [4.78, 5) is 14.2. The molecule has 0 radical (unpaired) electrons. The number of para-hydroxylation sites is 1. The summed E-state index contributed by atoms with van der Waals surface area (Å²) in [5, 5.41) is 5.67. The number of halogens is 2. The maximum Gasteiger partial charge on any atom is 0.319 e. The van der Waals surface area contributed by atoms with Gasteiger partial charge in [-0.2, -0.15) is 0 Å². The molecule has 3 rings (SSSR count). The fourth-order valence-electron chi connectivity index (χ4n) is 3.30. The van der Waals surface area contributed by atoms with Crippen LogP contribution >= 0.6 is 0 Å². The molecule has 1 atom stereocenters. The number of nitrogens with zero attached hydrogens (tertiary/aromatic N) is 1. The highest BCUT2D eigenvalue weighted by Crippen LogP contribution is 2.21. The molecule has 2 amide bonds. The average molecular weight is 359 g/mol. The van der Waals surface area contributed by atoms with E-state index in [4.69, 9.17) is 0 Å². The number of piperidine rings is 1. The van der Waals surface area contributed by atoms with Crippen LogP contribution in [0.3, 0.4) is 0 Å². The van der Waals surface area contributed by atoms with Gasteiger partial charge in [-0.25, -0.2) is 13.6 Å². The molecule has 1 fully saturated rings. The van der Waals surface area contributed by atoms with Gasteiger partial charge < -0.3 is 10.6 Å². The van der Waals surface area contributed by atoms with Crippen molar-refractivity contribution in [2.24, 2.45) is 0 Å². The van der Waals surface area contributed by atoms with Crippen LogP contribution in [-0.4, -0.2) is 30.1 Å². The molecular formula is C20H23F2N3O. The summed E-state index contributed by atoms with van der Waals surface area (Å²) in [6, 6.07) is 13.3. The summed E-state index contributed by atoms with van der Waals surface area (Å²) in [6.45, 7) is 1.62. The Hall–Kier alpha value is -2.47. The second kappa shape index (κ2) is 8.76. The molecule has 0 bridgehead atoms. The average Bonchev–Trinajstić information content (AvgIpc) is 2.65. The van der Waals surface area contributed by atoms with Crippen LogP contribution in [0.2, 0.25) is 0 Å². The third-order valence-electron chi connectivity index (χ3n) is 4.68. The zero-order valence-electron chi connectivity index (χ0n) is 14.6. The van der Waals surface area contributed by atoms with Gasteiger partial charge in [0.1, 0.15) is 0 Å². The number of hydrogen-bond acceptors (Lipinski definition) is 2. The van der Waals surface area contributed by atoms with Gasteiger partial charge in [-0.05, 0) is 37.6 Å². The van der Waals surface area contributed by atoms with Gasteiger partial charge in [-0.15, -0.1) is 0 Å². The standard InChI is InChI=1S/C20H23F2N3O/c21-18-11-6-7-15(19(18)22)14-25-12-5-4-10-17(25)13-23-20(26)24-16-8-2-1-3-9-16/h1-3,6-9,11,17H,4-5,10,12-14H2,(H2,23,24,26). The Morgan fingerprint density at radius 1 is 1.08 bits per heavy atom. The Morgan fingerprint density at radius 2 is 1.88 bits per heavy atom. The minimum atomic E-state index is -0.823. The molecule has 1 aliphatic rings. The molecule has 2 aromatic carbocycles. The van der Waals surface area contributed by atoms with Crippen molar-refractivity contribution in [1.82, 2.24) is 10.2 Å². The third kappa shape index (κ3) is 4.79. The molecule has 1 saturated heterocycles. The smallest absolute Gasteiger partial charge is 0.319 e. The maximum atomic E-state index is 14.0. The molecule has 1 heterocycles. The van der Waals surface area contributed by atoms with Crippen LogP contribution < -0.4 is 10.6 Å². The molecule has 2 aromatic rings. The van der Waals surface area contributed by atoms with E-state index in [1.807, 2.05) is 30.3 Å². The first-order valence-corrected chi connectivity index (χ1v) is 8.90. The predicted octanol–water partition coefficient (Wildman–Crippen LogP) is 4.14. The van der Waals surface area contributed by atoms with E-state index in [9.17, 15) is 13.6 Å². The third-order valence-corrected chi connectivity index (χ3v) is 4.68. The summed E-state index contributed by atoms with van der Waals surface area (Å²) in [5.41, 5.74) is 1.08. The first-order valence-electron chi connectivity index (χ1n) is 8.90. The SMILES string of the molecule is O=C(NCC1CCCCN1Cc1cccc(F)c1F)Nc1ccccc1. The van der Waals surface area contributed by atoms with Crippen molar-refractivity contribution in [1.29, 1.82) is 0 Å². The number of nitrogens with one attached hydrogen (secondary N) is 2. The Morgan fingerprint density at radius 3 is 2.69 bits per heavy atom. The predicted molar refractivity (Wildman–Crippen MR) is 97.9 cm³/mol. The normalized spacial score (nSPS) is 17.7. The lowest BCUT2D eigenvalue weighted by molar-refractivity contribution is 0.137. The van der Waals surface area contributed by atoms with E-state index in [0.29, 0.717) is 18.7 Å². The summed E-state index contributed by atoms with van der Waals surface area (Å²) in [7, 11) is 0. The number of amides is 2. The van der Waals surface area contributed by atoms with Gasteiger partial charge in [0.05, 0.1) is 0 Å². The molecule has 4 nitrogen and oxygen atoms in total. The van der Waals surface area contributed by atoms with Crippen molar-refractivity contribution in [3.05, 3.63) is 65.7 Å². The zero-order valence-corrected chi connectivity index (χ0v) is 14.6. The van der Waals surface area contributed by atoms with E-state index in [2.05, 4.69) is 15.5 Å². The van der Waals surface area contributed by atoms with Crippen molar-refractivity contribution in [3.8, 4) is 0 Å². The minimum absolute atomic E-state index is 0.105. The van der Waals surface area contributed by atoms with Gasteiger partial charge in [0.25, 0.3) is 0 Å². The fraction of sp³-hybridized carbons (Fsp3) is 0.350. The Balaban J connectivity index is 1.57. The van der Waals surface area contributed by atoms with E-state index in [-0.39, 0.29) is 12.1 Å². The lowest BCUT2D eigenvalue weighted by Crippen LogP contribution is -2.47. The number of hydrogen-bond donors (Lipinski definition) is 2. The van der Waals surface area contributed by atoms with Crippen LogP contribution in [0.15, 0.2) is 48.5 Å². The molecule has 0 aliphatic carbocycles. The highest BCUT2D eigenvalue weighted by molar-refractivity contribution is 5.89. The summed E-state index contributed by atoms with van der Waals surface area (Å²) in [6.07, 6.45) is 3.00. The minimum Gasteiger partial charge on any atom is -0.336 e. The number of carbonyl (C=O) groups excluding carboxylic acids is 1. The Kier molecular flexibility index (Phi) is 6.17. The highest BCUT2D eigenvalue weighted by atomic mass is 19.2. The summed E-state index contributed by atoms with van der Waals surface area (Å²) < 4.78 is 27.4. The van der Waals surface area contributed by atoms with Gasteiger partial charge in [-0.1, -0.05) is 36.8 Å². The molecule has 2 N–H and O–H groups in total. The lowest BCUT2D eigenvalue weighted by Gasteiger charge is -2.36. The quantitative estimate of drug-likeness (QED) is 0.843. The van der Waals surface area contributed by atoms with Crippen molar-refractivity contribution < 1.29 is 13.6 Å². The monoisotopic (exact) mass is 359 g/mol. The zero-order chi connectivity index (χ0) is 18.4. The highest BCUT2D eigenvalue weighted by Gasteiger charge is 2.24. The maximum absolute atomic E-state index is 14.0. The second-order valence-corrected chi connectivity index (χ2v) is 6.53. The molecule has 0 saturated carbocycles. The van der Waals surface area contributed by atoms with Crippen LogP contribution in [0.25, 0.3) is 0 Å². The molecule has 1 aliphatic heterocycles. The van der Waals surface area contributed by atoms with Crippen molar-refractivity contribution in [2.75, 3.05) is 18.4 Å². The van der Waals surface area contributed by atoms with Crippen molar-refractivity contribution in [2.45, 2.75) is 31.8 Å². The number of benzene rings is 2. The Labute approximate surface area is 152 Å². The number of anilines is 1. The first-order chi connectivity index (χ1) is 12.6. The van der Waals surface area contributed by atoms with E-state index < -0.39 is 11.6 Å². The van der Waals surface area contributed by atoms with E-state index in [1.165, 1.54) is 6.07 Å². The Bertz CT molecular complexity index is 739. The lowest BCUT2D eigenvalue weighted by atomic mass is 10.0.